The van der Waals surface area contributed by atoms with Crippen molar-refractivity contribution < 1.29 is 19.4 Å². The Hall–Kier alpha value is -2.29. The molecule has 7 nitrogen and oxygen atoms in total. The molecule has 0 aromatic heterocycles. The number of anilines is 1. The number of hydrogen-bond donors (Lipinski definition) is 3. The number of ether oxygens (including phenoxy) is 2. The minimum Gasteiger partial charge on any atom is -0.481 e. The first-order chi connectivity index (χ1) is 13.5. The lowest BCUT2D eigenvalue weighted by Crippen LogP contribution is -2.40. The fourth-order valence-corrected chi connectivity index (χ4v) is 2.87. The highest BCUT2D eigenvalue weighted by molar-refractivity contribution is 7.80. The number of aliphatic carboxylic acids is 1. The van der Waals surface area contributed by atoms with E-state index in [-0.39, 0.29) is 24.7 Å². The number of hydrazone groups is 1. The second kappa shape index (κ2) is 12.2. The van der Waals surface area contributed by atoms with E-state index in [1.165, 1.54) is 0 Å². The molecule has 0 saturated carbocycles. The Balaban J connectivity index is 1.78. The summed E-state index contributed by atoms with van der Waals surface area (Å²) in [6, 6.07) is 9.61. The van der Waals surface area contributed by atoms with Gasteiger partial charge in [0.05, 0.1) is 12.8 Å². The lowest BCUT2D eigenvalue weighted by Gasteiger charge is -2.32. The largest absolute Gasteiger partial charge is 0.481 e. The number of para-hydroxylation sites is 1. The molecule has 3 atom stereocenters. The van der Waals surface area contributed by atoms with Crippen LogP contribution in [-0.4, -0.2) is 41.4 Å². The molecule has 0 spiro atoms. The molecule has 1 fully saturated rings. The van der Waals surface area contributed by atoms with Crippen LogP contribution in [0.25, 0.3) is 0 Å². The van der Waals surface area contributed by atoms with Gasteiger partial charge in [0.25, 0.3) is 0 Å². The van der Waals surface area contributed by atoms with Gasteiger partial charge in [-0.05, 0) is 50.5 Å². The van der Waals surface area contributed by atoms with E-state index in [1.807, 2.05) is 49.4 Å². The first-order valence-corrected chi connectivity index (χ1v) is 9.74. The van der Waals surface area contributed by atoms with E-state index < -0.39 is 5.97 Å². The van der Waals surface area contributed by atoms with E-state index in [9.17, 15) is 4.79 Å². The van der Waals surface area contributed by atoms with Crippen molar-refractivity contribution in [3.8, 4) is 0 Å². The van der Waals surface area contributed by atoms with E-state index in [2.05, 4.69) is 15.8 Å². The quantitative estimate of drug-likeness (QED) is 0.190. The van der Waals surface area contributed by atoms with Crippen molar-refractivity contribution in [3.63, 3.8) is 0 Å². The molecule has 0 radical (unpaired) electrons. The molecule has 0 amide bonds. The summed E-state index contributed by atoms with van der Waals surface area (Å²) in [5, 5.41) is 16.3. The van der Waals surface area contributed by atoms with Gasteiger partial charge in [-0.2, -0.15) is 5.10 Å². The van der Waals surface area contributed by atoms with Crippen molar-refractivity contribution in [3.05, 3.63) is 42.5 Å². The topological polar surface area (TPSA) is 92.2 Å². The number of rotatable bonds is 9. The number of carboxylic acids is 1. The maximum Gasteiger partial charge on any atom is 0.303 e. The molecule has 28 heavy (non-hydrogen) atoms. The van der Waals surface area contributed by atoms with Gasteiger partial charge < -0.3 is 19.9 Å². The lowest BCUT2D eigenvalue weighted by molar-refractivity contribution is -0.206. The minimum atomic E-state index is -0.764. The number of unbranched alkanes of at least 4 members (excludes halogenated alkanes) is 1. The van der Waals surface area contributed by atoms with Crippen molar-refractivity contribution in [1.29, 1.82) is 0 Å². The molecule has 152 valence electrons. The van der Waals surface area contributed by atoms with Crippen LogP contribution < -0.4 is 10.7 Å². The van der Waals surface area contributed by atoms with Gasteiger partial charge in [-0.3, -0.25) is 10.2 Å². The van der Waals surface area contributed by atoms with Gasteiger partial charge in [0.2, 0.25) is 0 Å². The molecule has 0 aliphatic carbocycles. The van der Waals surface area contributed by atoms with E-state index in [4.69, 9.17) is 26.8 Å². The smallest absolute Gasteiger partial charge is 0.303 e. The summed E-state index contributed by atoms with van der Waals surface area (Å²) in [6.07, 6.45) is 7.62. The van der Waals surface area contributed by atoms with Crippen LogP contribution in [0.15, 0.2) is 47.6 Å². The summed E-state index contributed by atoms with van der Waals surface area (Å²) in [7, 11) is 0. The molecule has 1 aromatic carbocycles. The van der Waals surface area contributed by atoms with Crippen LogP contribution >= 0.6 is 12.2 Å². The Kier molecular flexibility index (Phi) is 9.61. The molecule has 1 saturated heterocycles. The summed E-state index contributed by atoms with van der Waals surface area (Å²) in [5.74, 6) is -0.631. The number of benzene rings is 1. The Morgan fingerprint density at radius 3 is 2.89 bits per heavy atom. The SMILES string of the molecule is C[C@@H]1OC[C@H](CC=CCCCC(=O)O)[C@H](C=NNC(=S)Nc2ccccc2)O1. The van der Waals surface area contributed by atoms with Gasteiger partial charge in [0.15, 0.2) is 11.4 Å². The maximum absolute atomic E-state index is 10.5. The Labute approximate surface area is 170 Å². The Morgan fingerprint density at radius 1 is 1.36 bits per heavy atom. The third kappa shape index (κ3) is 8.60. The van der Waals surface area contributed by atoms with Crippen LogP contribution in [0.1, 0.15) is 32.6 Å². The Morgan fingerprint density at radius 2 is 2.14 bits per heavy atom. The van der Waals surface area contributed by atoms with E-state index in [0.29, 0.717) is 18.1 Å². The first-order valence-electron chi connectivity index (χ1n) is 9.33. The number of nitrogens with one attached hydrogen (secondary N) is 2. The first kappa shape index (κ1) is 22.0. The molecule has 2 rings (SSSR count). The minimum absolute atomic E-state index is 0.133. The highest BCUT2D eigenvalue weighted by Crippen LogP contribution is 2.21. The second-order valence-corrected chi connectivity index (χ2v) is 6.87. The van der Waals surface area contributed by atoms with Crippen molar-refractivity contribution in [2.75, 3.05) is 11.9 Å². The standard InChI is InChI=1S/C20H27N3O4S/c1-15-26-14-16(9-5-2-3-8-12-19(24)25)18(27-15)13-21-23-20(28)22-17-10-6-4-7-11-17/h2,4-7,10-11,13,15-16,18H,3,8-9,12,14H2,1H3,(H,24,25)(H2,22,23,28)/t15-,16+,18+/m1/s1. The van der Waals surface area contributed by atoms with Crippen molar-refractivity contribution in [2.45, 2.75) is 45.0 Å². The number of allylic oxidation sites excluding steroid dienone is 2. The average molecular weight is 406 g/mol. The number of thiocarbonyl (C=S) groups is 1. The van der Waals surface area contributed by atoms with Crippen LogP contribution in [0.3, 0.4) is 0 Å². The van der Waals surface area contributed by atoms with Gasteiger partial charge in [0.1, 0.15) is 6.10 Å². The highest BCUT2D eigenvalue weighted by Gasteiger charge is 2.28. The van der Waals surface area contributed by atoms with Crippen LogP contribution in [0.2, 0.25) is 0 Å². The van der Waals surface area contributed by atoms with Gasteiger partial charge >= 0.3 is 5.97 Å². The summed E-state index contributed by atoms with van der Waals surface area (Å²) in [5.41, 5.74) is 3.69. The zero-order valence-electron chi connectivity index (χ0n) is 15.9. The van der Waals surface area contributed by atoms with Crippen molar-refractivity contribution in [1.82, 2.24) is 5.43 Å². The summed E-state index contributed by atoms with van der Waals surface area (Å²) in [6.45, 7) is 2.43. The van der Waals surface area contributed by atoms with Crippen molar-refractivity contribution in [2.24, 2.45) is 11.0 Å². The highest BCUT2D eigenvalue weighted by atomic mass is 32.1. The van der Waals surface area contributed by atoms with Crippen LogP contribution in [-0.2, 0) is 14.3 Å². The molecular formula is C20H27N3O4S. The fourth-order valence-electron chi connectivity index (χ4n) is 2.69. The van der Waals surface area contributed by atoms with Crippen molar-refractivity contribution >= 4 is 35.2 Å². The predicted octanol–water partition coefficient (Wildman–Crippen LogP) is 3.54. The van der Waals surface area contributed by atoms with Crippen LogP contribution in [0, 0.1) is 5.92 Å². The van der Waals surface area contributed by atoms with Gasteiger partial charge in [-0.25, -0.2) is 0 Å². The number of carbonyl (C=O) groups is 1. The molecule has 1 aliphatic heterocycles. The number of hydrogen-bond acceptors (Lipinski definition) is 5. The summed E-state index contributed by atoms with van der Waals surface area (Å²) in [4.78, 5) is 10.5. The average Bonchev–Trinajstić information content (AvgIpc) is 2.66. The zero-order valence-corrected chi connectivity index (χ0v) is 16.7. The van der Waals surface area contributed by atoms with Crippen LogP contribution in [0.4, 0.5) is 5.69 Å². The molecular weight excluding hydrogens is 378 g/mol. The van der Waals surface area contributed by atoms with Gasteiger partial charge in [-0.15, -0.1) is 0 Å². The van der Waals surface area contributed by atoms with Gasteiger partial charge in [0, 0.05) is 18.0 Å². The van der Waals surface area contributed by atoms with Gasteiger partial charge in [-0.1, -0.05) is 30.4 Å². The number of nitrogens with zero attached hydrogens (tertiary/aromatic N) is 1. The molecule has 0 bridgehead atoms. The predicted molar refractivity (Wildman–Crippen MR) is 113 cm³/mol. The van der Waals surface area contributed by atoms with E-state index in [0.717, 1.165) is 18.5 Å². The summed E-state index contributed by atoms with van der Waals surface area (Å²) >= 11 is 5.23. The Bertz CT molecular complexity index is 681. The zero-order chi connectivity index (χ0) is 20.2. The second-order valence-electron chi connectivity index (χ2n) is 6.46. The molecule has 0 unspecified atom stereocenters. The molecule has 1 heterocycles. The van der Waals surface area contributed by atoms with E-state index in [1.54, 1.807) is 6.21 Å². The molecule has 1 aliphatic rings. The third-order valence-corrected chi connectivity index (χ3v) is 4.34. The molecule has 1 aromatic rings. The maximum atomic E-state index is 10.5. The summed E-state index contributed by atoms with van der Waals surface area (Å²) < 4.78 is 11.4. The monoisotopic (exact) mass is 405 g/mol. The normalized spacial score (nSPS) is 22.4. The number of carboxylic acid groups (broad SMARTS) is 1. The third-order valence-electron chi connectivity index (χ3n) is 4.14. The molecule has 8 heteroatoms. The van der Waals surface area contributed by atoms with Crippen LogP contribution in [0.5, 0.6) is 0 Å². The molecule has 3 N–H and O–H groups in total. The lowest BCUT2D eigenvalue weighted by atomic mass is 9.98. The fraction of sp³-hybridized carbons (Fsp3) is 0.450. The van der Waals surface area contributed by atoms with E-state index >= 15 is 0 Å².